The number of nitrogens with zero attached hydrogens (tertiary/aromatic N) is 2. The van der Waals surface area contributed by atoms with Gasteiger partial charge >= 0.3 is 5.97 Å². The molecular weight excluding hydrogens is 262 g/mol. The van der Waals surface area contributed by atoms with Gasteiger partial charge in [0.1, 0.15) is 11.8 Å². The number of esters is 1. The fraction of sp³-hybridized carbons (Fsp3) is 0.692. The lowest BCUT2D eigenvalue weighted by molar-refractivity contribution is -0.147. The van der Waals surface area contributed by atoms with Crippen LogP contribution in [-0.2, 0) is 19.1 Å². The fourth-order valence-electron chi connectivity index (χ4n) is 1.79. The first-order valence-corrected chi connectivity index (χ1v) is 6.39. The predicted octanol–water partition coefficient (Wildman–Crippen LogP) is 0.299. The van der Waals surface area contributed by atoms with Crippen LogP contribution in [0.25, 0.3) is 0 Å². The summed E-state index contributed by atoms with van der Waals surface area (Å²) in [6, 6.07) is -0.773. The van der Waals surface area contributed by atoms with Gasteiger partial charge in [-0.25, -0.2) is 9.80 Å². The van der Waals surface area contributed by atoms with Crippen molar-refractivity contribution in [1.29, 1.82) is 0 Å². The van der Waals surface area contributed by atoms with Gasteiger partial charge in [-0.3, -0.25) is 9.59 Å². The van der Waals surface area contributed by atoms with Crippen molar-refractivity contribution < 1.29 is 19.1 Å². The minimum absolute atomic E-state index is 0.137. The van der Waals surface area contributed by atoms with Gasteiger partial charge in [0.05, 0.1) is 7.11 Å². The van der Waals surface area contributed by atoms with E-state index >= 15 is 0 Å². The second-order valence-electron chi connectivity index (χ2n) is 5.76. The molecule has 0 radical (unpaired) electrons. The van der Waals surface area contributed by atoms with Crippen LogP contribution in [0.1, 0.15) is 33.6 Å². The summed E-state index contributed by atoms with van der Waals surface area (Å²) in [5.74, 6) is -1.09. The number of methoxy groups -OCH3 is 1. The quantitative estimate of drug-likeness (QED) is 0.754. The topological polar surface area (TPSA) is 88.1 Å². The van der Waals surface area contributed by atoms with Gasteiger partial charge in [-0.1, -0.05) is 20.8 Å². The minimum Gasteiger partial charge on any atom is -0.467 e. The summed E-state index contributed by atoms with van der Waals surface area (Å²) in [5.41, 5.74) is -0.245. The molecule has 112 valence electrons. The zero-order chi connectivity index (χ0) is 15.5. The number of nitrogens with one attached hydrogen (secondary N) is 1. The van der Waals surface area contributed by atoms with Crippen molar-refractivity contribution in [1.82, 2.24) is 10.3 Å². The lowest BCUT2D eigenvalue weighted by Crippen LogP contribution is -2.52. The number of rotatable bonds is 3. The van der Waals surface area contributed by atoms with E-state index < -0.39 is 23.3 Å². The van der Waals surface area contributed by atoms with E-state index in [4.69, 9.17) is 4.74 Å². The number of ether oxygens (including phenoxy) is 1. The monoisotopic (exact) mass is 283 g/mol. The molecule has 1 aliphatic heterocycles. The summed E-state index contributed by atoms with van der Waals surface area (Å²) < 4.78 is 4.71. The summed E-state index contributed by atoms with van der Waals surface area (Å²) in [5, 5.41) is 7.69. The molecule has 0 aromatic rings. The van der Waals surface area contributed by atoms with Crippen molar-refractivity contribution in [3.05, 3.63) is 0 Å². The fourth-order valence-corrected chi connectivity index (χ4v) is 1.79. The molecule has 0 aliphatic carbocycles. The molecule has 1 N–H and O–H groups in total. The molecule has 7 nitrogen and oxygen atoms in total. The normalized spacial score (nSPS) is 17.4. The van der Waals surface area contributed by atoms with Gasteiger partial charge in [-0.05, 0) is 5.41 Å². The highest BCUT2D eigenvalue weighted by molar-refractivity contribution is 6.39. The largest absolute Gasteiger partial charge is 0.467 e. The summed E-state index contributed by atoms with van der Waals surface area (Å²) in [7, 11) is 2.77. The predicted molar refractivity (Wildman–Crippen MR) is 72.8 cm³/mol. The molecule has 0 saturated carbocycles. The van der Waals surface area contributed by atoms with Crippen LogP contribution in [0.5, 0.6) is 0 Å². The number of amides is 2. The molecule has 1 aliphatic rings. The summed E-state index contributed by atoms with van der Waals surface area (Å²) in [4.78, 5) is 35.2. The molecule has 20 heavy (non-hydrogen) atoms. The van der Waals surface area contributed by atoms with Crippen LogP contribution in [0.3, 0.4) is 0 Å². The standard InChI is InChI=1S/C13H21N3O4/c1-13(2,3)10(12(19)20-5)14-11(18)8-6-7-9(17)16(4)15-8/h10H,6-7H2,1-5H3,(H,14,18)/t10-/m1/s1. The Bertz CT molecular complexity index is 451. The van der Waals surface area contributed by atoms with E-state index in [1.165, 1.54) is 14.2 Å². The number of carbonyl (C=O) groups is 3. The van der Waals surface area contributed by atoms with E-state index in [2.05, 4.69) is 10.4 Å². The Kier molecular flexibility index (Phi) is 4.86. The lowest BCUT2D eigenvalue weighted by atomic mass is 9.86. The maximum absolute atomic E-state index is 12.1. The first-order chi connectivity index (χ1) is 9.16. The summed E-state index contributed by atoms with van der Waals surface area (Å²) >= 11 is 0. The van der Waals surface area contributed by atoms with Gasteiger partial charge in [0.25, 0.3) is 5.91 Å². The number of hydrazone groups is 1. The van der Waals surface area contributed by atoms with E-state index in [0.29, 0.717) is 0 Å². The third-order valence-electron chi connectivity index (χ3n) is 3.05. The molecule has 1 atom stereocenters. The van der Waals surface area contributed by atoms with Crippen molar-refractivity contribution in [2.75, 3.05) is 14.2 Å². The average Bonchev–Trinajstić information content (AvgIpc) is 2.36. The van der Waals surface area contributed by atoms with E-state index in [1.54, 1.807) is 0 Å². The molecule has 0 spiro atoms. The van der Waals surface area contributed by atoms with Crippen molar-refractivity contribution >= 4 is 23.5 Å². The molecule has 0 unspecified atom stereocenters. The first kappa shape index (κ1) is 16.1. The minimum atomic E-state index is -0.773. The number of carbonyl (C=O) groups excluding carboxylic acids is 3. The van der Waals surface area contributed by atoms with E-state index in [0.717, 1.165) is 5.01 Å². The van der Waals surface area contributed by atoms with Crippen molar-refractivity contribution in [3.8, 4) is 0 Å². The molecule has 0 fully saturated rings. The zero-order valence-corrected chi connectivity index (χ0v) is 12.5. The van der Waals surface area contributed by atoms with E-state index in [-0.39, 0.29) is 24.5 Å². The van der Waals surface area contributed by atoms with Crippen LogP contribution in [0, 0.1) is 5.41 Å². The van der Waals surface area contributed by atoms with Crippen LogP contribution in [0.15, 0.2) is 5.10 Å². The molecule has 0 saturated heterocycles. The first-order valence-electron chi connectivity index (χ1n) is 6.39. The molecule has 0 aromatic carbocycles. The number of hydrogen-bond acceptors (Lipinski definition) is 5. The smallest absolute Gasteiger partial charge is 0.328 e. The van der Waals surface area contributed by atoms with Gasteiger partial charge in [0.2, 0.25) is 5.91 Å². The van der Waals surface area contributed by atoms with Gasteiger partial charge in [-0.15, -0.1) is 0 Å². The molecule has 1 heterocycles. The lowest BCUT2D eigenvalue weighted by Gasteiger charge is -2.29. The Morgan fingerprint density at radius 2 is 1.95 bits per heavy atom. The van der Waals surface area contributed by atoms with Crippen molar-refractivity contribution in [3.63, 3.8) is 0 Å². The third kappa shape index (κ3) is 3.79. The van der Waals surface area contributed by atoms with Crippen molar-refractivity contribution in [2.24, 2.45) is 10.5 Å². The second kappa shape index (κ2) is 6.02. The zero-order valence-electron chi connectivity index (χ0n) is 12.5. The van der Waals surface area contributed by atoms with Crippen LogP contribution in [0.4, 0.5) is 0 Å². The molecule has 7 heteroatoms. The Balaban J connectivity index is 2.85. The van der Waals surface area contributed by atoms with Crippen LogP contribution in [0.2, 0.25) is 0 Å². The molecule has 2 amide bonds. The highest BCUT2D eigenvalue weighted by atomic mass is 16.5. The van der Waals surface area contributed by atoms with Gasteiger partial charge in [0.15, 0.2) is 0 Å². The Morgan fingerprint density at radius 1 is 1.35 bits per heavy atom. The van der Waals surface area contributed by atoms with Crippen LogP contribution >= 0.6 is 0 Å². The molecule has 1 rings (SSSR count). The van der Waals surface area contributed by atoms with Crippen LogP contribution in [-0.4, -0.2) is 48.7 Å². The maximum Gasteiger partial charge on any atom is 0.328 e. The average molecular weight is 283 g/mol. The number of hydrogen-bond donors (Lipinski definition) is 1. The maximum atomic E-state index is 12.1. The highest BCUT2D eigenvalue weighted by Gasteiger charge is 2.35. The summed E-state index contributed by atoms with van der Waals surface area (Å²) in [6.45, 7) is 5.48. The molecule has 0 aromatic heterocycles. The van der Waals surface area contributed by atoms with Crippen LogP contribution < -0.4 is 5.32 Å². The molecule has 0 bridgehead atoms. The molecular formula is C13H21N3O4. The highest BCUT2D eigenvalue weighted by Crippen LogP contribution is 2.20. The van der Waals surface area contributed by atoms with Gasteiger partial charge in [-0.2, -0.15) is 5.10 Å². The Labute approximate surface area is 118 Å². The third-order valence-corrected chi connectivity index (χ3v) is 3.05. The Morgan fingerprint density at radius 3 is 2.40 bits per heavy atom. The van der Waals surface area contributed by atoms with E-state index in [9.17, 15) is 14.4 Å². The SMILES string of the molecule is COC(=O)[C@@H](NC(=O)C1=NN(C)C(=O)CC1)C(C)(C)C. The van der Waals surface area contributed by atoms with Crippen molar-refractivity contribution in [2.45, 2.75) is 39.7 Å². The second-order valence-corrected chi connectivity index (χ2v) is 5.76. The van der Waals surface area contributed by atoms with Gasteiger partial charge in [0, 0.05) is 19.9 Å². The Hall–Kier alpha value is -1.92. The van der Waals surface area contributed by atoms with E-state index in [1.807, 2.05) is 20.8 Å². The summed E-state index contributed by atoms with van der Waals surface area (Å²) in [6.07, 6.45) is 0.508. The van der Waals surface area contributed by atoms with Gasteiger partial charge < -0.3 is 10.1 Å².